The van der Waals surface area contributed by atoms with Gasteiger partial charge in [-0.25, -0.2) is 8.42 Å². The summed E-state index contributed by atoms with van der Waals surface area (Å²) in [7, 11) is -3.72. The number of para-hydroxylation sites is 1. The van der Waals surface area contributed by atoms with Crippen molar-refractivity contribution in [3.05, 3.63) is 103 Å². The minimum absolute atomic E-state index is 0.298. The van der Waals surface area contributed by atoms with Crippen LogP contribution >= 0.6 is 0 Å². The van der Waals surface area contributed by atoms with Crippen LogP contribution in [0, 0.1) is 0 Å². The van der Waals surface area contributed by atoms with Crippen LogP contribution in [0.1, 0.15) is 12.5 Å². The zero-order valence-electron chi connectivity index (χ0n) is 19.0. The van der Waals surface area contributed by atoms with Crippen molar-refractivity contribution in [3.8, 4) is 11.5 Å². The van der Waals surface area contributed by atoms with Gasteiger partial charge in [-0.1, -0.05) is 60.7 Å². The Hall–Kier alpha value is -3.84. The van der Waals surface area contributed by atoms with E-state index in [1.807, 2.05) is 72.8 Å². The van der Waals surface area contributed by atoms with Gasteiger partial charge in [0.25, 0.3) is 0 Å². The molecule has 0 bridgehead atoms. The molecule has 0 saturated carbocycles. The maximum atomic E-state index is 13.0. The second-order valence-corrected chi connectivity index (χ2v) is 9.86. The van der Waals surface area contributed by atoms with Gasteiger partial charge in [0.05, 0.1) is 11.9 Å². The second kappa shape index (κ2) is 9.97. The molecule has 1 unspecified atom stereocenters. The predicted molar refractivity (Wildman–Crippen MR) is 136 cm³/mol. The number of hydrogen-bond donors (Lipinski definition) is 1. The summed E-state index contributed by atoms with van der Waals surface area (Å²) in [6.45, 7) is 1.87. The van der Waals surface area contributed by atoms with Gasteiger partial charge < -0.3 is 10.1 Å². The third-order valence-electron chi connectivity index (χ3n) is 5.49. The Kier molecular flexibility index (Phi) is 6.84. The number of benzene rings is 4. The van der Waals surface area contributed by atoms with E-state index in [4.69, 9.17) is 4.74 Å². The lowest BCUT2D eigenvalue weighted by molar-refractivity contribution is -0.122. The molecule has 4 rings (SSSR count). The lowest BCUT2D eigenvalue weighted by Crippen LogP contribution is -2.47. The van der Waals surface area contributed by atoms with Crippen LogP contribution in [0.25, 0.3) is 10.8 Å². The summed E-state index contributed by atoms with van der Waals surface area (Å²) >= 11 is 0. The number of ether oxygens (including phenoxy) is 1. The molecule has 0 fully saturated rings. The van der Waals surface area contributed by atoms with E-state index in [9.17, 15) is 13.2 Å². The molecule has 174 valence electrons. The van der Waals surface area contributed by atoms with Crippen molar-refractivity contribution in [1.82, 2.24) is 5.32 Å². The van der Waals surface area contributed by atoms with Crippen LogP contribution in [0.2, 0.25) is 0 Å². The van der Waals surface area contributed by atoms with Crippen LogP contribution in [0.4, 0.5) is 5.69 Å². The van der Waals surface area contributed by atoms with Crippen LogP contribution in [0.15, 0.2) is 97.1 Å². The Labute approximate surface area is 199 Å². The lowest BCUT2D eigenvalue weighted by atomic mass is 10.0. The van der Waals surface area contributed by atoms with Crippen molar-refractivity contribution >= 4 is 32.4 Å². The number of rotatable bonds is 8. The number of hydrogen-bond acceptors (Lipinski definition) is 4. The van der Waals surface area contributed by atoms with E-state index in [1.54, 1.807) is 31.2 Å². The van der Waals surface area contributed by atoms with Gasteiger partial charge >= 0.3 is 0 Å². The molecule has 4 aromatic rings. The SMILES string of the molecule is CC(C(=O)NCc1cccc2ccccc12)N(c1ccc(Oc2ccccc2)cc1)S(C)(=O)=O. The topological polar surface area (TPSA) is 75.7 Å². The Bertz CT molecular complexity index is 1380. The Morgan fingerprint density at radius 2 is 1.47 bits per heavy atom. The summed E-state index contributed by atoms with van der Waals surface area (Å²) in [5.41, 5.74) is 1.35. The summed E-state index contributed by atoms with van der Waals surface area (Å²) in [5.74, 6) is 0.857. The van der Waals surface area contributed by atoms with Gasteiger partial charge in [0.1, 0.15) is 17.5 Å². The van der Waals surface area contributed by atoms with Crippen molar-refractivity contribution < 1.29 is 17.9 Å². The Morgan fingerprint density at radius 1 is 0.853 bits per heavy atom. The van der Waals surface area contributed by atoms with Gasteiger partial charge in [-0.2, -0.15) is 0 Å². The number of sulfonamides is 1. The first-order valence-corrected chi connectivity index (χ1v) is 12.7. The van der Waals surface area contributed by atoms with Gasteiger partial charge in [0.2, 0.25) is 15.9 Å². The number of carbonyl (C=O) groups excluding carboxylic acids is 1. The van der Waals surface area contributed by atoms with Crippen molar-refractivity contribution in [3.63, 3.8) is 0 Å². The van der Waals surface area contributed by atoms with Crippen molar-refractivity contribution in [2.75, 3.05) is 10.6 Å². The van der Waals surface area contributed by atoms with Crippen LogP contribution in [0.3, 0.4) is 0 Å². The quantitative estimate of drug-likeness (QED) is 0.385. The molecule has 34 heavy (non-hydrogen) atoms. The van der Waals surface area contributed by atoms with Crippen LogP contribution < -0.4 is 14.4 Å². The van der Waals surface area contributed by atoms with Gasteiger partial charge in [0.15, 0.2) is 0 Å². The first kappa shape index (κ1) is 23.3. The highest BCUT2D eigenvalue weighted by molar-refractivity contribution is 7.92. The van der Waals surface area contributed by atoms with E-state index in [0.717, 1.165) is 26.9 Å². The third-order valence-corrected chi connectivity index (χ3v) is 6.73. The minimum Gasteiger partial charge on any atom is -0.457 e. The molecule has 0 aliphatic carbocycles. The van der Waals surface area contributed by atoms with E-state index in [-0.39, 0.29) is 5.91 Å². The fourth-order valence-corrected chi connectivity index (χ4v) is 5.05. The number of nitrogens with one attached hydrogen (secondary N) is 1. The maximum absolute atomic E-state index is 13.0. The van der Waals surface area contributed by atoms with Crippen LogP contribution in [0.5, 0.6) is 11.5 Å². The second-order valence-electron chi connectivity index (χ2n) is 8.00. The summed E-state index contributed by atoms with van der Waals surface area (Å²) in [6.07, 6.45) is 1.09. The standard InChI is InChI=1S/C27H26N2O4S/c1-20(27(30)28-19-22-11-8-10-21-9-6-7-14-26(21)22)29(34(2,31)32)23-15-17-25(18-16-23)33-24-12-4-3-5-13-24/h3-18,20H,19H2,1-2H3,(H,28,30). The van der Waals surface area contributed by atoms with Gasteiger partial charge in [-0.05, 0) is 59.7 Å². The van der Waals surface area contributed by atoms with E-state index in [0.29, 0.717) is 23.7 Å². The molecule has 0 saturated heterocycles. The molecule has 0 spiro atoms. The summed E-state index contributed by atoms with van der Waals surface area (Å²) < 4.78 is 32.1. The summed E-state index contributed by atoms with van der Waals surface area (Å²) in [5, 5.41) is 5.02. The van der Waals surface area contributed by atoms with E-state index < -0.39 is 16.1 Å². The molecule has 0 radical (unpaired) electrons. The largest absolute Gasteiger partial charge is 0.457 e. The first-order chi connectivity index (χ1) is 16.3. The van der Waals surface area contributed by atoms with Crippen LogP contribution in [-0.2, 0) is 21.4 Å². The molecule has 1 N–H and O–H groups in total. The monoisotopic (exact) mass is 474 g/mol. The molecule has 0 heterocycles. The molecule has 6 nitrogen and oxygen atoms in total. The smallest absolute Gasteiger partial charge is 0.243 e. The lowest BCUT2D eigenvalue weighted by Gasteiger charge is -2.28. The fourth-order valence-electron chi connectivity index (χ4n) is 3.87. The highest BCUT2D eigenvalue weighted by Crippen LogP contribution is 2.27. The molecule has 0 aromatic heterocycles. The predicted octanol–water partition coefficient (Wildman–Crippen LogP) is 5.10. The molecule has 4 aromatic carbocycles. The Morgan fingerprint density at radius 3 is 2.18 bits per heavy atom. The Balaban J connectivity index is 1.50. The van der Waals surface area contributed by atoms with Crippen molar-refractivity contribution in [1.29, 1.82) is 0 Å². The summed E-state index contributed by atoms with van der Waals surface area (Å²) in [6, 6.07) is 28.8. The van der Waals surface area contributed by atoms with Gasteiger partial charge in [-0.3, -0.25) is 9.10 Å². The van der Waals surface area contributed by atoms with E-state index in [2.05, 4.69) is 5.32 Å². The number of nitrogens with zero attached hydrogens (tertiary/aromatic N) is 1. The molecule has 7 heteroatoms. The zero-order valence-corrected chi connectivity index (χ0v) is 19.8. The van der Waals surface area contributed by atoms with Crippen LogP contribution in [-0.4, -0.2) is 26.6 Å². The molecule has 1 amide bonds. The molecule has 1 atom stereocenters. The molecular formula is C27H26N2O4S. The first-order valence-electron chi connectivity index (χ1n) is 10.9. The highest BCUT2D eigenvalue weighted by Gasteiger charge is 2.29. The van der Waals surface area contributed by atoms with E-state index in [1.165, 1.54) is 0 Å². The average Bonchev–Trinajstić information content (AvgIpc) is 2.83. The summed E-state index contributed by atoms with van der Waals surface area (Å²) in [4.78, 5) is 13.0. The van der Waals surface area contributed by atoms with Crippen molar-refractivity contribution in [2.45, 2.75) is 19.5 Å². The van der Waals surface area contributed by atoms with Gasteiger partial charge in [0, 0.05) is 6.54 Å². The number of amides is 1. The highest BCUT2D eigenvalue weighted by atomic mass is 32.2. The maximum Gasteiger partial charge on any atom is 0.243 e. The molecule has 0 aliphatic rings. The van der Waals surface area contributed by atoms with Gasteiger partial charge in [-0.15, -0.1) is 0 Å². The molecular weight excluding hydrogens is 448 g/mol. The zero-order chi connectivity index (χ0) is 24.1. The minimum atomic E-state index is -3.72. The average molecular weight is 475 g/mol. The number of fused-ring (bicyclic) bond motifs is 1. The molecule has 0 aliphatic heterocycles. The fraction of sp³-hybridized carbons (Fsp3) is 0.148. The number of anilines is 1. The third kappa shape index (κ3) is 5.38. The normalized spacial score (nSPS) is 12.2. The number of carbonyl (C=O) groups is 1. The van der Waals surface area contributed by atoms with Crippen molar-refractivity contribution in [2.24, 2.45) is 0 Å². The van der Waals surface area contributed by atoms with E-state index >= 15 is 0 Å².